The zero-order valence-corrected chi connectivity index (χ0v) is 14.8. The molecule has 2 heterocycles. The normalized spacial score (nSPS) is 12.8. The summed E-state index contributed by atoms with van der Waals surface area (Å²) in [6.45, 7) is 0. The molecule has 0 spiro atoms. The fraction of sp³-hybridized carbons (Fsp3) is 0.176. The average Bonchev–Trinajstić information content (AvgIpc) is 3.17. The van der Waals surface area contributed by atoms with Gasteiger partial charge < -0.3 is 0 Å². The van der Waals surface area contributed by atoms with E-state index in [4.69, 9.17) is 11.6 Å². The summed E-state index contributed by atoms with van der Waals surface area (Å²) in [6, 6.07) is 6.91. The van der Waals surface area contributed by atoms with Crippen LogP contribution in [0, 0.1) is 0 Å². The van der Waals surface area contributed by atoms with Gasteiger partial charge >= 0.3 is 0 Å². The molecular weight excluding hydrogens is 348 g/mol. The largest absolute Gasteiger partial charge is 0.278 e. The summed E-state index contributed by atoms with van der Waals surface area (Å²) in [5, 5.41) is 7.43. The van der Waals surface area contributed by atoms with Crippen LogP contribution in [0.1, 0.15) is 21.5 Å². The first-order valence-electron chi connectivity index (χ1n) is 7.21. The van der Waals surface area contributed by atoms with Crippen molar-refractivity contribution in [3.8, 4) is 11.3 Å². The van der Waals surface area contributed by atoms with E-state index in [1.165, 1.54) is 20.0 Å². The van der Waals surface area contributed by atoms with Crippen molar-refractivity contribution < 1.29 is 4.79 Å². The molecule has 0 atom stereocenters. The van der Waals surface area contributed by atoms with Crippen molar-refractivity contribution in [2.24, 2.45) is 0 Å². The third kappa shape index (κ3) is 2.53. The maximum absolute atomic E-state index is 12.6. The van der Waals surface area contributed by atoms with Crippen molar-refractivity contribution in [2.45, 2.75) is 17.1 Å². The van der Waals surface area contributed by atoms with Crippen molar-refractivity contribution in [2.75, 3.05) is 6.26 Å². The standard InChI is InChI=1S/C17H13ClN2OS2/c1-22-17-14-12(9-23-17)3-2-11-8-20(19-15(11)14)16(21)10-4-6-13(18)7-5-10/h4-9H,2-3H2,1H3. The number of thiophene rings is 1. The molecule has 1 aliphatic rings. The van der Waals surface area contributed by atoms with Gasteiger partial charge in [0.1, 0.15) is 0 Å². The third-order valence-corrected chi connectivity index (χ3v) is 6.44. The molecule has 0 unspecified atom stereocenters. The number of carbonyl (C=O) groups is 1. The number of benzene rings is 1. The Labute approximate surface area is 147 Å². The summed E-state index contributed by atoms with van der Waals surface area (Å²) in [6.07, 6.45) is 5.90. The van der Waals surface area contributed by atoms with Gasteiger partial charge in [-0.15, -0.1) is 23.1 Å². The number of halogens is 1. The maximum Gasteiger partial charge on any atom is 0.278 e. The van der Waals surface area contributed by atoms with E-state index < -0.39 is 0 Å². The molecule has 0 amide bonds. The van der Waals surface area contributed by atoms with E-state index in [2.05, 4.69) is 16.7 Å². The molecule has 0 N–H and O–H groups in total. The van der Waals surface area contributed by atoms with Crippen molar-refractivity contribution >= 4 is 40.6 Å². The number of fused-ring (bicyclic) bond motifs is 3. The number of aromatic nitrogens is 2. The van der Waals surface area contributed by atoms with Gasteiger partial charge in [0.15, 0.2) is 0 Å². The highest BCUT2D eigenvalue weighted by Crippen LogP contribution is 2.42. The summed E-state index contributed by atoms with van der Waals surface area (Å²) in [4.78, 5) is 12.6. The lowest BCUT2D eigenvalue weighted by molar-refractivity contribution is 0.0945. The number of nitrogens with zero attached hydrogens (tertiary/aromatic N) is 2. The maximum atomic E-state index is 12.6. The van der Waals surface area contributed by atoms with Gasteiger partial charge in [0, 0.05) is 22.3 Å². The molecule has 6 heteroatoms. The lowest BCUT2D eigenvalue weighted by Gasteiger charge is -2.11. The fourth-order valence-electron chi connectivity index (χ4n) is 2.86. The average molecular weight is 361 g/mol. The van der Waals surface area contributed by atoms with Crippen molar-refractivity contribution in [1.82, 2.24) is 9.78 Å². The topological polar surface area (TPSA) is 34.9 Å². The van der Waals surface area contributed by atoms with Crippen LogP contribution in [0.4, 0.5) is 0 Å². The van der Waals surface area contributed by atoms with Crippen LogP contribution in [-0.2, 0) is 12.8 Å². The van der Waals surface area contributed by atoms with E-state index >= 15 is 0 Å². The number of rotatable bonds is 2. The van der Waals surface area contributed by atoms with Crippen LogP contribution >= 0.6 is 34.7 Å². The monoisotopic (exact) mass is 360 g/mol. The number of hydrogen-bond acceptors (Lipinski definition) is 4. The van der Waals surface area contributed by atoms with E-state index in [9.17, 15) is 4.79 Å². The van der Waals surface area contributed by atoms with Gasteiger partial charge in [0.2, 0.25) is 0 Å². The van der Waals surface area contributed by atoms with Crippen LogP contribution in [0.5, 0.6) is 0 Å². The quantitative estimate of drug-likeness (QED) is 0.617. The molecule has 116 valence electrons. The Morgan fingerprint density at radius 3 is 2.74 bits per heavy atom. The first-order chi connectivity index (χ1) is 11.2. The molecule has 3 nitrogen and oxygen atoms in total. The molecular formula is C17H13ClN2OS2. The Morgan fingerprint density at radius 1 is 1.26 bits per heavy atom. The van der Waals surface area contributed by atoms with Crippen molar-refractivity contribution in [1.29, 1.82) is 0 Å². The van der Waals surface area contributed by atoms with Gasteiger partial charge in [-0.3, -0.25) is 4.79 Å². The molecule has 0 saturated carbocycles. The molecule has 2 aromatic heterocycles. The lowest BCUT2D eigenvalue weighted by Crippen LogP contribution is -2.12. The zero-order valence-electron chi connectivity index (χ0n) is 12.4. The summed E-state index contributed by atoms with van der Waals surface area (Å²) >= 11 is 9.38. The Balaban J connectivity index is 1.77. The molecule has 0 aliphatic heterocycles. The summed E-state index contributed by atoms with van der Waals surface area (Å²) in [7, 11) is 0. The summed E-state index contributed by atoms with van der Waals surface area (Å²) in [5.74, 6) is -0.126. The number of carbonyl (C=O) groups excluding carboxylic acids is 1. The van der Waals surface area contributed by atoms with Gasteiger partial charge in [-0.1, -0.05) is 11.6 Å². The molecule has 0 radical (unpaired) electrons. The Morgan fingerprint density at radius 2 is 2.00 bits per heavy atom. The second kappa shape index (κ2) is 5.82. The highest BCUT2D eigenvalue weighted by atomic mass is 35.5. The van der Waals surface area contributed by atoms with Gasteiger partial charge in [0.05, 0.1) is 9.90 Å². The molecule has 0 fully saturated rings. The van der Waals surface area contributed by atoms with E-state index in [-0.39, 0.29) is 5.91 Å². The van der Waals surface area contributed by atoms with Crippen LogP contribution < -0.4 is 0 Å². The Hall–Kier alpha value is -1.56. The SMILES string of the molecule is CSc1scc2c1-c1nn(C(=O)c3ccc(Cl)cc3)cc1CC2. The van der Waals surface area contributed by atoms with E-state index in [0.717, 1.165) is 24.1 Å². The first-order valence-corrected chi connectivity index (χ1v) is 9.69. The molecule has 23 heavy (non-hydrogen) atoms. The minimum Gasteiger partial charge on any atom is -0.267 e. The van der Waals surface area contributed by atoms with Crippen LogP contribution in [0.3, 0.4) is 0 Å². The Bertz CT molecular complexity index is 882. The van der Waals surface area contributed by atoms with E-state index in [0.29, 0.717) is 10.6 Å². The van der Waals surface area contributed by atoms with Crippen LogP contribution in [-0.4, -0.2) is 21.9 Å². The second-order valence-corrected chi connectivity index (χ2v) is 7.78. The van der Waals surface area contributed by atoms with Gasteiger partial charge in [0.25, 0.3) is 5.91 Å². The predicted octanol–water partition coefficient (Wildman–Crippen LogP) is 4.77. The third-order valence-electron chi connectivity index (χ3n) is 4.01. The minimum absolute atomic E-state index is 0.126. The zero-order chi connectivity index (χ0) is 16.0. The van der Waals surface area contributed by atoms with Crippen LogP contribution in [0.25, 0.3) is 11.3 Å². The molecule has 0 saturated heterocycles. The van der Waals surface area contributed by atoms with Gasteiger partial charge in [-0.25, -0.2) is 4.68 Å². The second-order valence-electron chi connectivity index (χ2n) is 5.39. The van der Waals surface area contributed by atoms with E-state index in [1.54, 1.807) is 47.4 Å². The van der Waals surface area contributed by atoms with Gasteiger partial charge in [-0.05, 0) is 59.9 Å². The van der Waals surface area contributed by atoms with Crippen LogP contribution in [0.15, 0.2) is 40.1 Å². The number of hydrogen-bond donors (Lipinski definition) is 0. The van der Waals surface area contributed by atoms with Crippen molar-refractivity contribution in [3.05, 3.63) is 57.6 Å². The Kier molecular flexibility index (Phi) is 3.79. The molecule has 0 bridgehead atoms. The summed E-state index contributed by atoms with van der Waals surface area (Å²) in [5.41, 5.74) is 5.25. The van der Waals surface area contributed by atoms with Crippen molar-refractivity contribution in [3.63, 3.8) is 0 Å². The summed E-state index contributed by atoms with van der Waals surface area (Å²) < 4.78 is 2.73. The molecule has 3 aromatic rings. The molecule has 4 rings (SSSR count). The fourth-order valence-corrected chi connectivity index (χ4v) is 4.78. The predicted molar refractivity (Wildman–Crippen MR) is 95.9 cm³/mol. The lowest BCUT2D eigenvalue weighted by atomic mass is 9.94. The molecule has 1 aliphatic carbocycles. The first kappa shape index (κ1) is 15.0. The van der Waals surface area contributed by atoms with Gasteiger partial charge in [-0.2, -0.15) is 5.10 Å². The molecule has 1 aromatic carbocycles. The number of aryl methyl sites for hydroxylation is 2. The minimum atomic E-state index is -0.126. The highest BCUT2D eigenvalue weighted by molar-refractivity contribution is 8.00. The smallest absolute Gasteiger partial charge is 0.267 e. The highest BCUT2D eigenvalue weighted by Gasteiger charge is 2.25. The number of thioether (sulfide) groups is 1. The van der Waals surface area contributed by atoms with E-state index in [1.807, 2.05) is 6.20 Å². The van der Waals surface area contributed by atoms with Crippen LogP contribution in [0.2, 0.25) is 5.02 Å².